The van der Waals surface area contributed by atoms with E-state index in [4.69, 9.17) is 0 Å². The van der Waals surface area contributed by atoms with E-state index in [9.17, 15) is 4.79 Å². The van der Waals surface area contributed by atoms with Crippen molar-refractivity contribution in [2.24, 2.45) is 0 Å². The van der Waals surface area contributed by atoms with E-state index in [2.05, 4.69) is 25.5 Å². The number of aromatic amines is 1. The number of aryl methyl sites for hydroxylation is 2. The summed E-state index contributed by atoms with van der Waals surface area (Å²) in [6, 6.07) is 7.17. The molecule has 0 saturated carbocycles. The molecule has 3 aromatic rings. The van der Waals surface area contributed by atoms with Crippen LogP contribution in [0.1, 0.15) is 21.9 Å². The van der Waals surface area contributed by atoms with Gasteiger partial charge in [0.2, 0.25) is 0 Å². The molecule has 0 fully saturated rings. The van der Waals surface area contributed by atoms with E-state index in [-0.39, 0.29) is 5.91 Å². The minimum Gasteiger partial charge on any atom is -0.319 e. The first-order valence-electron chi connectivity index (χ1n) is 6.19. The number of amides is 1. The summed E-state index contributed by atoms with van der Waals surface area (Å²) in [4.78, 5) is 20.5. The quantitative estimate of drug-likeness (QED) is 0.745. The number of carbonyl (C=O) groups is 1. The zero-order valence-electron chi connectivity index (χ0n) is 11.1. The molecule has 3 rings (SSSR count). The summed E-state index contributed by atoms with van der Waals surface area (Å²) in [5.74, 6) is -0.254. The molecule has 2 N–H and O–H groups in total. The van der Waals surface area contributed by atoms with Crippen LogP contribution in [0.2, 0.25) is 0 Å². The number of hydrogen-bond donors (Lipinski definition) is 2. The summed E-state index contributed by atoms with van der Waals surface area (Å²) in [7, 11) is 0. The molecule has 20 heavy (non-hydrogen) atoms. The first-order valence-corrected chi connectivity index (χ1v) is 6.19. The maximum atomic E-state index is 12.1. The monoisotopic (exact) mass is 267 g/mol. The van der Waals surface area contributed by atoms with Gasteiger partial charge in [-0.05, 0) is 32.0 Å². The van der Waals surface area contributed by atoms with Crippen molar-refractivity contribution in [3.8, 4) is 0 Å². The van der Waals surface area contributed by atoms with Gasteiger partial charge < -0.3 is 5.32 Å². The number of carbonyl (C=O) groups excluding carboxylic acids is 1. The summed E-state index contributed by atoms with van der Waals surface area (Å²) < 4.78 is 0. The Hall–Kier alpha value is -2.76. The second kappa shape index (κ2) is 4.73. The highest BCUT2D eigenvalue weighted by atomic mass is 16.1. The van der Waals surface area contributed by atoms with Gasteiger partial charge in [0.1, 0.15) is 5.69 Å². The van der Waals surface area contributed by atoms with Crippen LogP contribution >= 0.6 is 0 Å². The number of nitrogens with one attached hydrogen (secondary N) is 2. The normalized spacial score (nSPS) is 10.7. The summed E-state index contributed by atoms with van der Waals surface area (Å²) >= 11 is 0. The number of rotatable bonds is 2. The van der Waals surface area contributed by atoms with Crippen LogP contribution in [0.15, 0.2) is 30.5 Å². The van der Waals surface area contributed by atoms with Crippen molar-refractivity contribution in [3.63, 3.8) is 0 Å². The summed E-state index contributed by atoms with van der Waals surface area (Å²) in [5, 5.41) is 10.6. The maximum Gasteiger partial charge on any atom is 0.274 e. The standard InChI is InChI=1S/C14H13N5O/c1-8-4-3-5-12(16-8)14(20)17-10-6-11-9(2)18-19-13(11)15-7-10/h3-7H,1-2H3,(H,17,20)(H,15,18,19). The third-order valence-electron chi connectivity index (χ3n) is 2.98. The highest BCUT2D eigenvalue weighted by molar-refractivity contribution is 6.03. The second-order valence-electron chi connectivity index (χ2n) is 4.56. The number of hydrogen-bond acceptors (Lipinski definition) is 4. The fourth-order valence-electron chi connectivity index (χ4n) is 1.95. The smallest absolute Gasteiger partial charge is 0.274 e. The van der Waals surface area contributed by atoms with Gasteiger partial charge in [-0.2, -0.15) is 5.10 Å². The van der Waals surface area contributed by atoms with Gasteiger partial charge in [0.05, 0.1) is 11.9 Å². The molecule has 0 aliphatic heterocycles. The Morgan fingerprint density at radius 3 is 2.95 bits per heavy atom. The van der Waals surface area contributed by atoms with Crippen molar-refractivity contribution in [1.29, 1.82) is 0 Å². The Bertz CT molecular complexity index is 793. The maximum absolute atomic E-state index is 12.1. The Labute approximate surface area is 115 Å². The predicted octanol–water partition coefficient (Wildman–Crippen LogP) is 2.22. The predicted molar refractivity (Wildman–Crippen MR) is 75.6 cm³/mol. The number of pyridine rings is 2. The van der Waals surface area contributed by atoms with Crippen molar-refractivity contribution in [1.82, 2.24) is 20.2 Å². The number of fused-ring (bicyclic) bond motifs is 1. The van der Waals surface area contributed by atoms with E-state index in [1.54, 1.807) is 18.3 Å². The topological polar surface area (TPSA) is 83.6 Å². The van der Waals surface area contributed by atoms with E-state index in [0.29, 0.717) is 17.0 Å². The van der Waals surface area contributed by atoms with Crippen molar-refractivity contribution < 1.29 is 4.79 Å². The lowest BCUT2D eigenvalue weighted by Crippen LogP contribution is -2.14. The molecule has 0 spiro atoms. The van der Waals surface area contributed by atoms with Gasteiger partial charge in [-0.25, -0.2) is 9.97 Å². The Kier molecular flexibility index (Phi) is 2.90. The van der Waals surface area contributed by atoms with Crippen molar-refractivity contribution in [2.75, 3.05) is 5.32 Å². The van der Waals surface area contributed by atoms with Crippen LogP contribution in [0, 0.1) is 13.8 Å². The Morgan fingerprint density at radius 1 is 1.30 bits per heavy atom. The molecular weight excluding hydrogens is 254 g/mol. The Balaban J connectivity index is 1.89. The minimum atomic E-state index is -0.254. The second-order valence-corrected chi connectivity index (χ2v) is 4.56. The van der Waals surface area contributed by atoms with Gasteiger partial charge in [-0.1, -0.05) is 6.07 Å². The number of anilines is 1. The van der Waals surface area contributed by atoms with Gasteiger partial charge in [-0.15, -0.1) is 0 Å². The van der Waals surface area contributed by atoms with Crippen molar-refractivity contribution in [3.05, 3.63) is 47.5 Å². The average Bonchev–Trinajstić information content (AvgIpc) is 2.80. The zero-order chi connectivity index (χ0) is 14.1. The number of nitrogens with zero attached hydrogens (tertiary/aromatic N) is 3. The first kappa shape index (κ1) is 12.3. The zero-order valence-corrected chi connectivity index (χ0v) is 11.1. The highest BCUT2D eigenvalue weighted by Gasteiger charge is 2.09. The minimum absolute atomic E-state index is 0.254. The van der Waals surface area contributed by atoms with Gasteiger partial charge in [0.25, 0.3) is 5.91 Å². The molecule has 3 aromatic heterocycles. The van der Waals surface area contributed by atoms with Crippen LogP contribution in [0.4, 0.5) is 5.69 Å². The van der Waals surface area contributed by atoms with Crippen LogP contribution in [0.3, 0.4) is 0 Å². The molecule has 0 bridgehead atoms. The van der Waals surface area contributed by atoms with E-state index >= 15 is 0 Å². The van der Waals surface area contributed by atoms with E-state index in [0.717, 1.165) is 16.8 Å². The van der Waals surface area contributed by atoms with Gasteiger partial charge in [-0.3, -0.25) is 9.89 Å². The van der Waals surface area contributed by atoms with Gasteiger partial charge in [0, 0.05) is 16.8 Å². The fourth-order valence-corrected chi connectivity index (χ4v) is 1.95. The van der Waals surface area contributed by atoms with E-state index in [1.807, 2.05) is 26.0 Å². The number of aromatic nitrogens is 4. The van der Waals surface area contributed by atoms with Crippen LogP contribution in [-0.2, 0) is 0 Å². The molecule has 100 valence electrons. The number of H-pyrrole nitrogens is 1. The van der Waals surface area contributed by atoms with Gasteiger partial charge >= 0.3 is 0 Å². The lowest BCUT2D eigenvalue weighted by molar-refractivity contribution is 0.102. The molecular formula is C14H13N5O. The third kappa shape index (κ3) is 2.23. The molecule has 1 amide bonds. The first-order chi connectivity index (χ1) is 9.63. The molecule has 0 aliphatic rings. The molecule has 0 saturated heterocycles. The lowest BCUT2D eigenvalue weighted by atomic mass is 10.2. The fraction of sp³-hybridized carbons (Fsp3) is 0.143. The molecule has 0 radical (unpaired) electrons. The highest BCUT2D eigenvalue weighted by Crippen LogP contribution is 2.17. The third-order valence-corrected chi connectivity index (χ3v) is 2.98. The molecule has 6 heteroatoms. The SMILES string of the molecule is Cc1cccc(C(=O)Nc2cnc3n[nH]c(C)c3c2)n1. The van der Waals surface area contributed by atoms with Crippen LogP contribution < -0.4 is 5.32 Å². The van der Waals surface area contributed by atoms with Crippen molar-refractivity contribution in [2.45, 2.75) is 13.8 Å². The molecule has 0 aliphatic carbocycles. The molecule has 0 unspecified atom stereocenters. The van der Waals surface area contributed by atoms with Crippen LogP contribution in [0.25, 0.3) is 11.0 Å². The Morgan fingerprint density at radius 2 is 2.15 bits per heavy atom. The largest absolute Gasteiger partial charge is 0.319 e. The molecule has 0 atom stereocenters. The summed E-state index contributed by atoms with van der Waals surface area (Å²) in [6.45, 7) is 3.75. The van der Waals surface area contributed by atoms with Crippen LogP contribution in [-0.4, -0.2) is 26.1 Å². The summed E-state index contributed by atoms with van der Waals surface area (Å²) in [6.07, 6.45) is 1.58. The molecule has 6 nitrogen and oxygen atoms in total. The van der Waals surface area contributed by atoms with Gasteiger partial charge in [0.15, 0.2) is 5.65 Å². The van der Waals surface area contributed by atoms with E-state index in [1.165, 1.54) is 0 Å². The lowest BCUT2D eigenvalue weighted by Gasteiger charge is -2.05. The average molecular weight is 267 g/mol. The molecule has 3 heterocycles. The summed E-state index contributed by atoms with van der Waals surface area (Å²) in [5.41, 5.74) is 3.35. The van der Waals surface area contributed by atoms with E-state index < -0.39 is 0 Å². The molecule has 0 aromatic carbocycles. The van der Waals surface area contributed by atoms with Crippen LogP contribution in [0.5, 0.6) is 0 Å². The van der Waals surface area contributed by atoms with Crippen molar-refractivity contribution >= 4 is 22.6 Å².